The number of nitrogens with zero attached hydrogens (tertiary/aromatic N) is 2. The molecule has 154 valence electrons. The Balaban J connectivity index is 1.55. The maximum absolute atomic E-state index is 12.3. The predicted molar refractivity (Wildman–Crippen MR) is 116 cm³/mol. The molecule has 3 aromatic rings. The minimum atomic E-state index is -0.611. The number of aromatic nitrogens is 1. The van der Waals surface area contributed by atoms with Gasteiger partial charge in [-0.3, -0.25) is 14.6 Å². The van der Waals surface area contributed by atoms with Gasteiger partial charge in [0.05, 0.1) is 21.8 Å². The molecule has 2 heterocycles. The summed E-state index contributed by atoms with van der Waals surface area (Å²) in [5, 5.41) is 4.59. The molecule has 0 aliphatic rings. The van der Waals surface area contributed by atoms with Crippen LogP contribution in [0, 0.1) is 6.92 Å². The van der Waals surface area contributed by atoms with Crippen molar-refractivity contribution in [3.05, 3.63) is 70.7 Å². The number of carbonyl (C=O) groups excluding carboxylic acids is 3. The van der Waals surface area contributed by atoms with Crippen LogP contribution in [-0.2, 0) is 9.53 Å². The average Bonchev–Trinajstić information content (AvgIpc) is 3.27. The van der Waals surface area contributed by atoms with Gasteiger partial charge < -0.3 is 15.0 Å². The molecule has 0 saturated heterocycles. The Morgan fingerprint density at radius 2 is 1.80 bits per heavy atom. The van der Waals surface area contributed by atoms with Crippen LogP contribution in [0.5, 0.6) is 0 Å². The molecule has 0 aliphatic heterocycles. The van der Waals surface area contributed by atoms with Crippen molar-refractivity contribution in [3.63, 3.8) is 0 Å². The van der Waals surface area contributed by atoms with Gasteiger partial charge in [0.15, 0.2) is 6.61 Å². The lowest BCUT2D eigenvalue weighted by atomic mass is 10.1. The number of pyridine rings is 1. The summed E-state index contributed by atoms with van der Waals surface area (Å²) in [6.07, 6.45) is 0. The summed E-state index contributed by atoms with van der Waals surface area (Å²) in [4.78, 5) is 43.2. The summed E-state index contributed by atoms with van der Waals surface area (Å²) < 4.78 is 5.12. The number of aryl methyl sites for hydroxylation is 1. The summed E-state index contributed by atoms with van der Waals surface area (Å²) in [5.41, 5.74) is 2.65. The van der Waals surface area contributed by atoms with Gasteiger partial charge >= 0.3 is 5.97 Å². The lowest BCUT2D eigenvalue weighted by molar-refractivity contribution is -0.119. The van der Waals surface area contributed by atoms with Crippen molar-refractivity contribution in [3.8, 4) is 10.6 Å². The summed E-state index contributed by atoms with van der Waals surface area (Å²) in [6.45, 7) is 1.30. The number of hydrogen-bond acceptors (Lipinski definition) is 6. The Morgan fingerprint density at radius 3 is 2.40 bits per heavy atom. The number of nitrogens with one attached hydrogen (secondary N) is 1. The van der Waals surface area contributed by atoms with Crippen LogP contribution in [0.15, 0.2) is 53.9 Å². The lowest BCUT2D eigenvalue weighted by Crippen LogP contribution is -2.22. The van der Waals surface area contributed by atoms with E-state index in [4.69, 9.17) is 4.74 Å². The first-order chi connectivity index (χ1) is 14.3. The summed E-state index contributed by atoms with van der Waals surface area (Å²) in [6, 6.07) is 13.8. The standard InChI is InChI=1S/C22H21N3O4S/c1-14-17(10-11-18(23-14)19-5-4-12-30-19)22(28)29-13-20(26)24-16-8-6-15(7-9-16)21(27)25(2)3/h4-12H,13H2,1-3H3,(H,24,26). The zero-order valence-corrected chi connectivity index (χ0v) is 17.7. The highest BCUT2D eigenvalue weighted by atomic mass is 32.1. The Kier molecular flexibility index (Phi) is 6.58. The van der Waals surface area contributed by atoms with Crippen LogP contribution in [0.2, 0.25) is 0 Å². The lowest BCUT2D eigenvalue weighted by Gasteiger charge is -2.11. The Morgan fingerprint density at radius 1 is 1.07 bits per heavy atom. The molecule has 0 radical (unpaired) electrons. The molecular formula is C22H21N3O4S. The van der Waals surface area contributed by atoms with Crippen LogP contribution in [-0.4, -0.2) is 48.4 Å². The molecule has 0 unspecified atom stereocenters. The summed E-state index contributed by atoms with van der Waals surface area (Å²) >= 11 is 1.57. The fourth-order valence-corrected chi connectivity index (χ4v) is 3.39. The molecule has 7 nitrogen and oxygen atoms in total. The van der Waals surface area contributed by atoms with E-state index in [0.29, 0.717) is 22.5 Å². The molecule has 3 rings (SSSR count). The third-order valence-corrected chi connectivity index (χ3v) is 5.13. The van der Waals surface area contributed by atoms with E-state index in [1.807, 2.05) is 17.5 Å². The van der Waals surface area contributed by atoms with Crippen LogP contribution < -0.4 is 5.32 Å². The molecule has 30 heavy (non-hydrogen) atoms. The number of carbonyl (C=O) groups is 3. The van der Waals surface area contributed by atoms with Crippen molar-refractivity contribution in [2.75, 3.05) is 26.0 Å². The third kappa shape index (κ3) is 5.09. The molecule has 0 aliphatic carbocycles. The second-order valence-electron chi connectivity index (χ2n) is 6.71. The average molecular weight is 423 g/mol. The van der Waals surface area contributed by atoms with Crippen molar-refractivity contribution < 1.29 is 19.1 Å². The number of hydrogen-bond donors (Lipinski definition) is 1. The monoisotopic (exact) mass is 423 g/mol. The van der Waals surface area contributed by atoms with Crippen molar-refractivity contribution in [2.24, 2.45) is 0 Å². The molecule has 0 spiro atoms. The maximum atomic E-state index is 12.3. The number of anilines is 1. The molecule has 2 amide bonds. The van der Waals surface area contributed by atoms with Crippen molar-refractivity contribution >= 4 is 34.8 Å². The van der Waals surface area contributed by atoms with Crippen LogP contribution in [0.1, 0.15) is 26.4 Å². The largest absolute Gasteiger partial charge is 0.452 e. The normalized spacial score (nSPS) is 10.4. The minimum Gasteiger partial charge on any atom is -0.452 e. The van der Waals surface area contributed by atoms with Gasteiger partial charge in [-0.1, -0.05) is 6.07 Å². The van der Waals surface area contributed by atoms with Crippen molar-refractivity contribution in [1.29, 1.82) is 0 Å². The van der Waals surface area contributed by atoms with Gasteiger partial charge in [0.25, 0.3) is 11.8 Å². The fraction of sp³-hybridized carbons (Fsp3) is 0.182. The van der Waals surface area contributed by atoms with E-state index in [2.05, 4.69) is 10.3 Å². The SMILES string of the molecule is Cc1nc(-c2cccs2)ccc1C(=O)OCC(=O)Nc1ccc(C(=O)N(C)C)cc1. The molecule has 1 aromatic carbocycles. The number of thiophene rings is 1. The van der Waals surface area contributed by atoms with Gasteiger partial charge in [-0.25, -0.2) is 4.79 Å². The van der Waals surface area contributed by atoms with Crippen molar-refractivity contribution in [2.45, 2.75) is 6.92 Å². The van der Waals surface area contributed by atoms with Crippen LogP contribution >= 0.6 is 11.3 Å². The second-order valence-corrected chi connectivity index (χ2v) is 7.66. The summed E-state index contributed by atoms with van der Waals surface area (Å²) in [5.74, 6) is -1.22. The number of esters is 1. The first-order valence-electron chi connectivity index (χ1n) is 9.15. The highest BCUT2D eigenvalue weighted by Gasteiger charge is 2.15. The molecular weight excluding hydrogens is 402 g/mol. The Hall–Kier alpha value is -3.52. The molecule has 8 heteroatoms. The highest BCUT2D eigenvalue weighted by molar-refractivity contribution is 7.13. The molecule has 0 fully saturated rings. The fourth-order valence-electron chi connectivity index (χ4n) is 2.70. The smallest absolute Gasteiger partial charge is 0.340 e. The molecule has 1 N–H and O–H groups in total. The molecule has 2 aromatic heterocycles. The zero-order chi connectivity index (χ0) is 21.7. The van der Waals surface area contributed by atoms with Gasteiger partial charge in [0.2, 0.25) is 0 Å². The van der Waals surface area contributed by atoms with E-state index < -0.39 is 18.5 Å². The van der Waals surface area contributed by atoms with Gasteiger partial charge in [-0.2, -0.15) is 0 Å². The van der Waals surface area contributed by atoms with Crippen LogP contribution in [0.4, 0.5) is 5.69 Å². The topological polar surface area (TPSA) is 88.6 Å². The van der Waals surface area contributed by atoms with Gasteiger partial charge in [-0.05, 0) is 54.8 Å². The molecule has 0 saturated carbocycles. The number of benzene rings is 1. The van der Waals surface area contributed by atoms with E-state index in [0.717, 1.165) is 10.6 Å². The first kappa shape index (κ1) is 21.2. The van der Waals surface area contributed by atoms with E-state index in [9.17, 15) is 14.4 Å². The van der Waals surface area contributed by atoms with E-state index >= 15 is 0 Å². The maximum Gasteiger partial charge on any atom is 0.340 e. The molecule has 0 atom stereocenters. The second kappa shape index (κ2) is 9.32. The van der Waals surface area contributed by atoms with E-state index in [1.54, 1.807) is 68.8 Å². The Bertz CT molecular complexity index is 1060. The Labute approximate surface area is 178 Å². The zero-order valence-electron chi connectivity index (χ0n) is 16.8. The number of amides is 2. The first-order valence-corrected chi connectivity index (χ1v) is 10.0. The van der Waals surface area contributed by atoms with Crippen LogP contribution in [0.3, 0.4) is 0 Å². The van der Waals surface area contributed by atoms with E-state index in [1.165, 1.54) is 4.90 Å². The van der Waals surface area contributed by atoms with E-state index in [-0.39, 0.29) is 5.91 Å². The van der Waals surface area contributed by atoms with Gasteiger partial charge in [-0.15, -0.1) is 11.3 Å². The number of rotatable bonds is 6. The highest BCUT2D eigenvalue weighted by Crippen LogP contribution is 2.24. The molecule has 0 bridgehead atoms. The van der Waals surface area contributed by atoms with Crippen LogP contribution in [0.25, 0.3) is 10.6 Å². The third-order valence-electron chi connectivity index (χ3n) is 4.24. The quantitative estimate of drug-likeness (QED) is 0.612. The minimum absolute atomic E-state index is 0.129. The van der Waals surface area contributed by atoms with Gasteiger partial charge in [0.1, 0.15) is 0 Å². The number of ether oxygens (including phenoxy) is 1. The summed E-state index contributed by atoms with van der Waals surface area (Å²) in [7, 11) is 3.33. The van der Waals surface area contributed by atoms with Crippen molar-refractivity contribution in [1.82, 2.24) is 9.88 Å². The predicted octanol–water partition coefficient (Wildman–Crippen LogP) is 3.62. The van der Waals surface area contributed by atoms with Gasteiger partial charge in [0, 0.05) is 25.3 Å².